The van der Waals surface area contributed by atoms with Gasteiger partial charge in [0.2, 0.25) is 11.4 Å². The van der Waals surface area contributed by atoms with E-state index >= 15 is 0 Å². The second-order valence-corrected chi connectivity index (χ2v) is 18.5. The highest BCUT2D eigenvalue weighted by molar-refractivity contribution is 7.86. The molecule has 0 amide bonds. The van der Waals surface area contributed by atoms with Gasteiger partial charge in [0.25, 0.3) is 40.5 Å². The van der Waals surface area contributed by atoms with Crippen molar-refractivity contribution in [3.63, 3.8) is 0 Å². The van der Waals surface area contributed by atoms with Crippen molar-refractivity contribution in [2.75, 3.05) is 0 Å². The summed E-state index contributed by atoms with van der Waals surface area (Å²) in [4.78, 5) is -1.68. The van der Waals surface area contributed by atoms with Crippen molar-refractivity contribution >= 4 is 98.1 Å². The molecule has 0 radical (unpaired) electrons. The van der Waals surface area contributed by atoms with Crippen molar-refractivity contribution in [3.8, 4) is 0 Å². The van der Waals surface area contributed by atoms with E-state index < -0.39 is 55.2 Å². The zero-order valence-electron chi connectivity index (χ0n) is 31.9. The van der Waals surface area contributed by atoms with E-state index in [9.17, 15) is 53.2 Å². The SMILES string of the molecule is O=S(=O)(O)c1ccc(N=Nc2ccc([N+]([O-])=Nc3ccc(/C=C/c4ccc(N=Nc5ccc(N=[N+]([O-])c6ccc(S(=O)(=O)O)cc6)cc5)cc4S(=O)(=O)O)c(S(=O)(=O)O)c3)cc2)cc1. The van der Waals surface area contributed by atoms with E-state index in [1.807, 2.05) is 0 Å². The van der Waals surface area contributed by atoms with Crippen LogP contribution in [0.25, 0.3) is 12.2 Å². The Hall–Kier alpha value is -7.30. The number of hydrogen-bond donors (Lipinski definition) is 4. The molecular weight excluding hydrogens is 921 g/mol. The summed E-state index contributed by atoms with van der Waals surface area (Å²) < 4.78 is 133. The molecular formula is C38H28N8O14S4. The summed E-state index contributed by atoms with van der Waals surface area (Å²) in [6.07, 6.45) is 2.27. The summed E-state index contributed by atoms with van der Waals surface area (Å²) in [6, 6.07) is 27.3. The Kier molecular flexibility index (Phi) is 13.4. The molecule has 0 aliphatic carbocycles. The highest BCUT2D eigenvalue weighted by Gasteiger charge is 2.19. The Balaban J connectivity index is 1.16. The molecule has 6 rings (SSSR count). The normalized spacial score (nSPS) is 13.3. The van der Waals surface area contributed by atoms with Crippen molar-refractivity contribution < 1.29 is 61.6 Å². The van der Waals surface area contributed by atoms with Gasteiger partial charge in [-0.25, -0.2) is 0 Å². The highest BCUT2D eigenvalue weighted by Crippen LogP contribution is 2.31. The lowest BCUT2D eigenvalue weighted by molar-refractivity contribution is -0.435. The summed E-state index contributed by atoms with van der Waals surface area (Å²) in [6.45, 7) is 0. The van der Waals surface area contributed by atoms with Gasteiger partial charge in [-0.05, 0) is 108 Å². The third-order valence-corrected chi connectivity index (χ3v) is 11.9. The zero-order valence-corrected chi connectivity index (χ0v) is 35.2. The number of hydrogen-bond acceptors (Lipinski definition) is 16. The van der Waals surface area contributed by atoms with Crippen LogP contribution < -0.4 is 0 Å². The van der Waals surface area contributed by atoms with Gasteiger partial charge in [-0.3, -0.25) is 18.2 Å². The van der Waals surface area contributed by atoms with Crippen molar-refractivity contribution in [1.29, 1.82) is 0 Å². The molecule has 6 aromatic rings. The molecule has 0 aromatic heterocycles. The van der Waals surface area contributed by atoms with Crippen LogP contribution in [0.15, 0.2) is 184 Å². The van der Waals surface area contributed by atoms with Crippen molar-refractivity contribution in [3.05, 3.63) is 155 Å². The predicted molar refractivity (Wildman–Crippen MR) is 226 cm³/mol. The van der Waals surface area contributed by atoms with Crippen LogP contribution in [-0.2, 0) is 40.5 Å². The fraction of sp³-hybridized carbons (Fsp3) is 0. The van der Waals surface area contributed by atoms with E-state index in [-0.39, 0.29) is 65.6 Å². The molecule has 0 aliphatic rings. The second kappa shape index (κ2) is 18.6. The van der Waals surface area contributed by atoms with Crippen molar-refractivity contribution in [2.45, 2.75) is 19.6 Å². The summed E-state index contributed by atoms with van der Waals surface area (Å²) in [5.41, 5.74) is 0.411. The Morgan fingerprint density at radius 1 is 0.375 bits per heavy atom. The molecule has 0 fully saturated rings. The molecule has 328 valence electrons. The van der Waals surface area contributed by atoms with Gasteiger partial charge in [-0.15, -0.1) is 0 Å². The minimum absolute atomic E-state index is 0.0145. The zero-order chi connectivity index (χ0) is 46.5. The number of azo groups is 4. The summed E-state index contributed by atoms with van der Waals surface area (Å²) in [5.74, 6) is 0. The predicted octanol–water partition coefficient (Wildman–Crippen LogP) is 9.53. The van der Waals surface area contributed by atoms with Crippen molar-refractivity contribution in [1.82, 2.24) is 0 Å². The topological polar surface area (TPSA) is 344 Å². The first-order chi connectivity index (χ1) is 30.0. The van der Waals surface area contributed by atoms with Gasteiger partial charge in [-0.1, -0.05) is 34.0 Å². The van der Waals surface area contributed by atoms with E-state index in [2.05, 4.69) is 30.7 Å². The van der Waals surface area contributed by atoms with E-state index in [0.717, 1.165) is 60.7 Å². The Bertz CT molecular complexity index is 3360. The quantitative estimate of drug-likeness (QED) is 0.0260. The summed E-state index contributed by atoms with van der Waals surface area (Å²) >= 11 is 0. The Morgan fingerprint density at radius 2 is 0.672 bits per heavy atom. The first-order valence-electron chi connectivity index (χ1n) is 17.5. The maximum atomic E-state index is 12.9. The minimum Gasteiger partial charge on any atom is -0.594 e. The molecule has 0 bridgehead atoms. The second-order valence-electron chi connectivity index (χ2n) is 12.8. The van der Waals surface area contributed by atoms with E-state index in [1.54, 1.807) is 0 Å². The number of nitrogens with zero attached hydrogens (tertiary/aromatic N) is 8. The summed E-state index contributed by atoms with van der Waals surface area (Å²) in [7, 11) is -18.7. The minimum atomic E-state index is -4.95. The maximum absolute atomic E-state index is 12.9. The van der Waals surface area contributed by atoms with Gasteiger partial charge < -0.3 is 10.4 Å². The maximum Gasteiger partial charge on any atom is 0.295 e. The fourth-order valence-electron chi connectivity index (χ4n) is 5.29. The van der Waals surface area contributed by atoms with Crippen LogP contribution in [0.4, 0.5) is 45.5 Å². The van der Waals surface area contributed by atoms with Gasteiger partial charge in [0.15, 0.2) is 0 Å². The molecule has 0 aliphatic heterocycles. The van der Waals surface area contributed by atoms with Gasteiger partial charge in [-0.2, -0.15) is 54.1 Å². The van der Waals surface area contributed by atoms with E-state index in [4.69, 9.17) is 9.11 Å². The lowest BCUT2D eigenvalue weighted by Crippen LogP contribution is -2.02. The van der Waals surface area contributed by atoms with Crippen LogP contribution in [0.1, 0.15) is 11.1 Å². The number of benzene rings is 6. The standard InChI is InChI=1S/C38H28N8O14S4/c47-45(34-17-21-36(22-18-34)62(52,53)54)43-30-9-7-27(8-10-30)41-42-31-5-3-25(37(23-31)63(55,56)57)1-2-26-4-6-32(24-38(26)64(58,59)60)44-46(48)33-15-11-28(12-16-33)39-40-29-13-19-35(20-14-29)61(49,50)51/h1-24H,(H,49,50,51)(H,52,53,54)(H,55,56,57)(H,58,59,60)/b2-1+,40-39?,42-41?,45-43?,46-44?. The largest absolute Gasteiger partial charge is 0.594 e. The molecule has 22 nitrogen and oxygen atoms in total. The van der Waals surface area contributed by atoms with Crippen LogP contribution in [0, 0.1) is 10.4 Å². The molecule has 0 spiro atoms. The third kappa shape index (κ3) is 12.2. The van der Waals surface area contributed by atoms with Gasteiger partial charge in [0.05, 0.1) is 32.5 Å². The molecule has 0 unspecified atom stereocenters. The smallest absolute Gasteiger partial charge is 0.295 e. The lowest BCUT2D eigenvalue weighted by Gasteiger charge is -2.06. The average Bonchev–Trinajstić information content (AvgIpc) is 3.24. The van der Waals surface area contributed by atoms with Crippen LogP contribution in [0.5, 0.6) is 0 Å². The summed E-state index contributed by atoms with van der Waals surface area (Å²) in [5, 5.41) is 48.9. The van der Waals surface area contributed by atoms with Crippen LogP contribution >= 0.6 is 0 Å². The molecule has 0 saturated heterocycles. The first kappa shape index (κ1) is 46.2. The first-order valence-corrected chi connectivity index (χ1v) is 23.3. The van der Waals surface area contributed by atoms with E-state index in [0.29, 0.717) is 5.69 Å². The van der Waals surface area contributed by atoms with Crippen LogP contribution in [-0.4, -0.2) is 61.6 Å². The van der Waals surface area contributed by atoms with Crippen molar-refractivity contribution in [2.24, 2.45) is 30.7 Å². The molecule has 0 heterocycles. The lowest BCUT2D eigenvalue weighted by atomic mass is 10.1. The van der Waals surface area contributed by atoms with E-state index in [1.165, 1.54) is 84.9 Å². The molecule has 0 atom stereocenters. The van der Waals surface area contributed by atoms with Gasteiger partial charge in [0.1, 0.15) is 21.2 Å². The molecule has 0 saturated carbocycles. The molecule has 26 heteroatoms. The third-order valence-electron chi connectivity index (χ3n) is 8.38. The Labute approximate surface area is 363 Å². The monoisotopic (exact) mass is 948 g/mol. The van der Waals surface area contributed by atoms with Gasteiger partial charge in [0, 0.05) is 34.5 Å². The van der Waals surface area contributed by atoms with Gasteiger partial charge >= 0.3 is 0 Å². The number of rotatable bonds is 14. The Morgan fingerprint density at radius 3 is 1.09 bits per heavy atom. The molecule has 4 N–H and O–H groups in total. The fourth-order valence-corrected chi connectivity index (χ4v) is 7.66. The highest BCUT2D eigenvalue weighted by atomic mass is 32.2. The average molecular weight is 949 g/mol. The molecule has 6 aromatic carbocycles. The molecule has 64 heavy (non-hydrogen) atoms. The van der Waals surface area contributed by atoms with Crippen LogP contribution in [0.2, 0.25) is 0 Å². The van der Waals surface area contributed by atoms with Crippen LogP contribution in [0.3, 0.4) is 0 Å².